The van der Waals surface area contributed by atoms with E-state index in [4.69, 9.17) is 10.8 Å². The van der Waals surface area contributed by atoms with Crippen molar-refractivity contribution in [2.45, 2.75) is 143 Å². The number of para-hydroxylation sites is 1. The minimum Gasteiger partial charge on any atom is -0.481 e. The molecule has 0 saturated heterocycles. The smallest absolute Gasteiger partial charge is 0.326 e. The SMILES string of the molecule is CC[C@H](C)[C@H](NC(=O)[C@@H](N)CC(=O)O)C(=O)N[C@@H](Cc1ccccc1)C(=O)N[C@@H](CC(C)C)C(=O)N[C@@H](C)C(=O)N[C@H](C(=O)N[C@H](C(=O)N[C@@H](Cc1c[nH]c2ccccc12)C(=O)O)C(C)C)C(C)C. The van der Waals surface area contributed by atoms with Gasteiger partial charge in [0, 0.05) is 29.9 Å². The van der Waals surface area contributed by atoms with Crippen LogP contribution in [0.3, 0.4) is 0 Å². The number of aliphatic carboxylic acids is 2. The highest BCUT2D eigenvalue weighted by Gasteiger charge is 2.36. The normalized spacial score (nSPS) is 15.3. The summed E-state index contributed by atoms with van der Waals surface area (Å²) >= 11 is 0. The van der Waals surface area contributed by atoms with Gasteiger partial charge in [0.05, 0.1) is 12.5 Å². The Morgan fingerprint density at radius 1 is 0.565 bits per heavy atom. The molecule has 0 spiro atoms. The first-order valence-corrected chi connectivity index (χ1v) is 23.3. The fourth-order valence-corrected chi connectivity index (χ4v) is 7.49. The Bertz CT molecular complexity index is 2260. The van der Waals surface area contributed by atoms with Gasteiger partial charge in [-0.25, -0.2) is 4.79 Å². The topological polar surface area (TPSA) is 320 Å². The van der Waals surface area contributed by atoms with Crippen LogP contribution >= 0.6 is 0 Å². The Morgan fingerprint density at radius 2 is 1.07 bits per heavy atom. The van der Waals surface area contributed by atoms with E-state index in [9.17, 15) is 48.3 Å². The maximum atomic E-state index is 14.1. The molecule has 0 bridgehead atoms. The second-order valence-electron chi connectivity index (χ2n) is 18.7. The lowest BCUT2D eigenvalue weighted by Crippen LogP contribution is -2.61. The second kappa shape index (κ2) is 26.6. The third-order valence-electron chi connectivity index (χ3n) is 11.7. The van der Waals surface area contributed by atoms with Crippen molar-refractivity contribution in [1.82, 2.24) is 42.2 Å². The molecule has 0 aliphatic carbocycles. The summed E-state index contributed by atoms with van der Waals surface area (Å²) in [5.41, 5.74) is 7.92. The summed E-state index contributed by atoms with van der Waals surface area (Å²) in [7, 11) is 0. The van der Waals surface area contributed by atoms with Gasteiger partial charge in [0.15, 0.2) is 0 Å². The number of carbonyl (C=O) groups excluding carboxylic acids is 7. The van der Waals surface area contributed by atoms with Gasteiger partial charge in [0.1, 0.15) is 42.3 Å². The quantitative estimate of drug-likeness (QED) is 0.0520. The molecule has 20 heteroatoms. The molecule has 1 heterocycles. The Kier molecular flexibility index (Phi) is 21.8. The number of amides is 7. The van der Waals surface area contributed by atoms with Crippen molar-refractivity contribution in [2.24, 2.45) is 29.4 Å². The van der Waals surface area contributed by atoms with Gasteiger partial charge in [-0.1, -0.05) is 110 Å². The van der Waals surface area contributed by atoms with Crippen LogP contribution in [0, 0.1) is 23.7 Å². The maximum Gasteiger partial charge on any atom is 0.326 e. The molecule has 3 aromatic rings. The Hall–Kier alpha value is -6.83. The van der Waals surface area contributed by atoms with E-state index in [2.05, 4.69) is 42.2 Å². The van der Waals surface area contributed by atoms with E-state index in [1.165, 1.54) is 6.92 Å². The number of fused-ring (bicyclic) bond motifs is 1. The molecule has 69 heavy (non-hydrogen) atoms. The molecule has 7 amide bonds. The summed E-state index contributed by atoms with van der Waals surface area (Å²) in [6.07, 6.45) is 1.51. The van der Waals surface area contributed by atoms with Gasteiger partial charge in [-0.05, 0) is 54.2 Å². The molecule has 20 nitrogen and oxygen atoms in total. The number of hydrogen-bond acceptors (Lipinski definition) is 10. The number of carbonyl (C=O) groups is 9. The first-order chi connectivity index (χ1) is 32.4. The van der Waals surface area contributed by atoms with Gasteiger partial charge in [-0.2, -0.15) is 0 Å². The summed E-state index contributed by atoms with van der Waals surface area (Å²) in [6.45, 7) is 15.2. The number of nitrogens with one attached hydrogen (secondary N) is 8. The average Bonchev–Trinajstić information content (AvgIpc) is 3.69. The molecule has 0 unspecified atom stereocenters. The largest absolute Gasteiger partial charge is 0.481 e. The van der Waals surface area contributed by atoms with Gasteiger partial charge in [-0.15, -0.1) is 0 Å². The summed E-state index contributed by atoms with van der Waals surface area (Å²) in [6, 6.07) is 6.05. The zero-order valence-corrected chi connectivity index (χ0v) is 40.9. The van der Waals surface area contributed by atoms with E-state index >= 15 is 0 Å². The number of aromatic nitrogens is 1. The number of nitrogens with two attached hydrogens (primary N) is 1. The van der Waals surface area contributed by atoms with Crippen molar-refractivity contribution in [3.63, 3.8) is 0 Å². The van der Waals surface area contributed by atoms with Gasteiger partial charge < -0.3 is 58.1 Å². The van der Waals surface area contributed by atoms with E-state index in [1.54, 1.807) is 78.1 Å². The molecule has 0 radical (unpaired) electrons. The molecule has 0 fully saturated rings. The second-order valence-corrected chi connectivity index (χ2v) is 18.7. The van der Waals surface area contributed by atoms with Crippen LogP contribution in [0.25, 0.3) is 10.9 Å². The molecular weight excluding hydrogens is 891 g/mol. The zero-order valence-electron chi connectivity index (χ0n) is 40.9. The van der Waals surface area contributed by atoms with Crippen molar-refractivity contribution in [2.75, 3.05) is 0 Å². The van der Waals surface area contributed by atoms with Crippen LogP contribution < -0.4 is 43.0 Å². The molecule has 1 aromatic heterocycles. The molecule has 0 aliphatic rings. The maximum absolute atomic E-state index is 14.1. The average molecular weight is 962 g/mol. The first-order valence-electron chi connectivity index (χ1n) is 23.3. The van der Waals surface area contributed by atoms with Gasteiger partial charge in [-0.3, -0.25) is 38.4 Å². The van der Waals surface area contributed by atoms with Crippen LogP contribution in [0.4, 0.5) is 0 Å². The van der Waals surface area contributed by atoms with E-state index < -0.39 is 126 Å². The summed E-state index contributed by atoms with van der Waals surface area (Å²) in [5.74, 6) is -9.46. The lowest BCUT2D eigenvalue weighted by Gasteiger charge is -2.29. The van der Waals surface area contributed by atoms with Crippen LogP contribution in [0.2, 0.25) is 0 Å². The Balaban J connectivity index is 1.75. The lowest BCUT2D eigenvalue weighted by atomic mass is 9.96. The third-order valence-corrected chi connectivity index (χ3v) is 11.7. The fourth-order valence-electron chi connectivity index (χ4n) is 7.49. The van der Waals surface area contributed by atoms with Crippen LogP contribution in [-0.4, -0.2) is 117 Å². The molecule has 12 N–H and O–H groups in total. The van der Waals surface area contributed by atoms with Crippen LogP contribution in [-0.2, 0) is 56.0 Å². The van der Waals surface area contributed by atoms with Crippen molar-refractivity contribution in [3.05, 3.63) is 71.9 Å². The molecule has 2 aromatic carbocycles. The molecule has 378 valence electrons. The van der Waals surface area contributed by atoms with Crippen LogP contribution in [0.5, 0.6) is 0 Å². The fraction of sp³-hybridized carbons (Fsp3) is 0.531. The Morgan fingerprint density at radius 3 is 1.64 bits per heavy atom. The van der Waals surface area contributed by atoms with E-state index in [0.717, 1.165) is 10.9 Å². The molecular formula is C49H71N9O11. The van der Waals surface area contributed by atoms with Crippen molar-refractivity contribution >= 4 is 64.2 Å². The minimum absolute atomic E-state index is 0.0178. The summed E-state index contributed by atoms with van der Waals surface area (Å²) < 4.78 is 0. The minimum atomic E-state index is -1.43. The van der Waals surface area contributed by atoms with Crippen LogP contribution in [0.1, 0.15) is 92.7 Å². The highest BCUT2D eigenvalue weighted by molar-refractivity contribution is 5.98. The molecule has 0 saturated carbocycles. The standard InChI is InChI=1S/C49H71N9O11/c1-10-28(8)41(58-43(62)33(50)23-38(59)60)48(67)54-36(21-30-16-12-11-13-17-30)45(64)53-35(20-25(2)3)44(63)52-29(9)42(61)56-40(27(6)7)47(66)57-39(26(4)5)46(65)55-37(49(68)69)22-31-24-51-34-19-15-14-18-32(31)34/h11-19,24-29,33,35-37,39-41,51H,10,20-23,50H2,1-9H3,(H,52,63)(H,53,64)(H,54,67)(H,55,65)(H,56,61)(H,57,66)(H,58,62)(H,59,60)(H,68,69)/t28-,29-,33-,35-,36-,37-,39-,40-,41-/m0/s1. The predicted octanol–water partition coefficient (Wildman–Crippen LogP) is 1.66. The van der Waals surface area contributed by atoms with E-state index in [0.29, 0.717) is 17.5 Å². The first kappa shape index (κ1) is 56.5. The van der Waals surface area contributed by atoms with Crippen LogP contribution in [0.15, 0.2) is 60.8 Å². The number of carboxylic acids is 2. The number of carboxylic acid groups (broad SMARTS) is 2. The number of H-pyrrole nitrogens is 1. The molecule has 0 aliphatic heterocycles. The highest BCUT2D eigenvalue weighted by Crippen LogP contribution is 2.20. The number of hydrogen-bond donors (Lipinski definition) is 11. The summed E-state index contributed by atoms with van der Waals surface area (Å²) in [4.78, 5) is 122. The lowest BCUT2D eigenvalue weighted by molar-refractivity contribution is -0.142. The predicted molar refractivity (Wildman–Crippen MR) is 258 cm³/mol. The third kappa shape index (κ3) is 17.3. The Labute approximate surface area is 402 Å². The van der Waals surface area contributed by atoms with Crippen molar-refractivity contribution in [1.29, 1.82) is 0 Å². The molecule has 9 atom stereocenters. The summed E-state index contributed by atoms with van der Waals surface area (Å²) in [5, 5.41) is 38.5. The van der Waals surface area contributed by atoms with Crippen molar-refractivity contribution in [3.8, 4) is 0 Å². The number of aromatic amines is 1. The zero-order chi connectivity index (χ0) is 51.7. The van der Waals surface area contributed by atoms with Gasteiger partial charge >= 0.3 is 11.9 Å². The highest BCUT2D eigenvalue weighted by atomic mass is 16.4. The van der Waals surface area contributed by atoms with E-state index in [1.807, 2.05) is 38.1 Å². The van der Waals surface area contributed by atoms with E-state index in [-0.39, 0.29) is 25.2 Å². The number of benzene rings is 2. The van der Waals surface area contributed by atoms with Crippen molar-refractivity contribution < 1.29 is 53.4 Å². The molecule has 3 rings (SSSR count). The monoisotopic (exact) mass is 962 g/mol. The number of rotatable bonds is 27. The van der Waals surface area contributed by atoms with Gasteiger partial charge in [0.25, 0.3) is 0 Å². The van der Waals surface area contributed by atoms with Gasteiger partial charge in [0.2, 0.25) is 41.4 Å².